The first kappa shape index (κ1) is 17.9. The van der Waals surface area contributed by atoms with Gasteiger partial charge in [-0.25, -0.2) is 14.6 Å². The fourth-order valence-electron chi connectivity index (χ4n) is 1.23. The second-order valence-corrected chi connectivity index (χ2v) is 3.93. The van der Waals surface area contributed by atoms with Crippen molar-refractivity contribution in [1.82, 2.24) is 4.98 Å². The van der Waals surface area contributed by atoms with E-state index in [2.05, 4.69) is 10.3 Å². The predicted octanol–water partition coefficient (Wildman–Crippen LogP) is 1.14. The van der Waals surface area contributed by atoms with Gasteiger partial charge in [0.15, 0.2) is 18.2 Å². The van der Waals surface area contributed by atoms with Crippen molar-refractivity contribution in [1.29, 1.82) is 0 Å². The van der Waals surface area contributed by atoms with Crippen molar-refractivity contribution in [3.63, 3.8) is 0 Å². The maximum Gasteiger partial charge on any atom is 0.490 e. The highest BCUT2D eigenvalue weighted by Crippen LogP contribution is 2.26. The number of pyridine rings is 1. The van der Waals surface area contributed by atoms with Crippen LogP contribution in [-0.4, -0.2) is 45.8 Å². The molecule has 0 bridgehead atoms. The number of anilines is 1. The van der Waals surface area contributed by atoms with Crippen LogP contribution in [0.5, 0.6) is 5.75 Å². The summed E-state index contributed by atoms with van der Waals surface area (Å²) in [5.41, 5.74) is 0.595. The highest BCUT2D eigenvalue weighted by molar-refractivity contribution is 5.94. The number of nitrogens with one attached hydrogen (secondary N) is 1. The van der Waals surface area contributed by atoms with E-state index in [0.717, 1.165) is 6.08 Å². The summed E-state index contributed by atoms with van der Waals surface area (Å²) in [4.78, 5) is 34.1. The number of nitrogens with zero attached hydrogens (tertiary/aromatic N) is 1. The monoisotopic (exact) mass is 334 g/mol. The van der Waals surface area contributed by atoms with Gasteiger partial charge in [-0.15, -0.1) is 0 Å². The summed E-state index contributed by atoms with van der Waals surface area (Å²) in [5, 5.41) is 18.1. The number of carbonyl (C=O) groups is 3. The Labute approximate surface area is 126 Å². The van der Waals surface area contributed by atoms with Gasteiger partial charge in [0, 0.05) is 12.3 Å². The number of halogens is 3. The van der Waals surface area contributed by atoms with Gasteiger partial charge in [-0.05, 0) is 17.7 Å². The van der Waals surface area contributed by atoms with Gasteiger partial charge in [0.05, 0.1) is 0 Å². The molecule has 2 heterocycles. The van der Waals surface area contributed by atoms with Crippen molar-refractivity contribution in [2.24, 2.45) is 0 Å². The molecule has 0 atom stereocenters. The average molecular weight is 334 g/mol. The molecule has 0 saturated carbocycles. The minimum Gasteiger partial charge on any atom is -0.480 e. The molecule has 0 fully saturated rings. The van der Waals surface area contributed by atoms with E-state index in [4.69, 9.17) is 19.7 Å². The quantitative estimate of drug-likeness (QED) is 0.692. The van der Waals surface area contributed by atoms with Crippen LogP contribution in [0.1, 0.15) is 5.56 Å². The molecule has 11 heteroatoms. The fraction of sp³-hybridized carbons (Fsp3) is 0.167. The summed E-state index contributed by atoms with van der Waals surface area (Å²) in [7, 11) is 0. The molecule has 0 aliphatic carbocycles. The van der Waals surface area contributed by atoms with E-state index in [1.54, 1.807) is 6.07 Å². The molecule has 1 aliphatic rings. The van der Waals surface area contributed by atoms with Crippen LogP contribution in [0.25, 0.3) is 6.08 Å². The van der Waals surface area contributed by atoms with Crippen LogP contribution in [0.3, 0.4) is 0 Å². The number of hydrogen-bond acceptors (Lipinski definition) is 5. The maximum absolute atomic E-state index is 11.0. The Bertz CT molecular complexity index is 657. The van der Waals surface area contributed by atoms with E-state index in [-0.39, 0.29) is 12.5 Å². The number of rotatable bonds is 2. The second-order valence-electron chi connectivity index (χ2n) is 3.93. The number of hydrogen-bond donors (Lipinski definition) is 3. The highest BCUT2D eigenvalue weighted by Gasteiger charge is 2.38. The zero-order chi connectivity index (χ0) is 17.6. The van der Waals surface area contributed by atoms with E-state index in [1.165, 1.54) is 12.3 Å². The number of aliphatic carboxylic acids is 2. The Kier molecular flexibility index (Phi) is 5.65. The van der Waals surface area contributed by atoms with Gasteiger partial charge < -0.3 is 20.3 Å². The Hall–Kier alpha value is -3.11. The molecule has 1 aromatic heterocycles. The molecule has 0 spiro atoms. The Balaban J connectivity index is 0.000000322. The number of fused-ring (bicyclic) bond motifs is 1. The van der Waals surface area contributed by atoms with Gasteiger partial charge in [0.1, 0.15) is 0 Å². The molecule has 124 valence electrons. The lowest BCUT2D eigenvalue weighted by atomic mass is 10.2. The number of amides is 1. The lowest BCUT2D eigenvalue weighted by Crippen LogP contribution is -2.26. The smallest absolute Gasteiger partial charge is 0.480 e. The summed E-state index contributed by atoms with van der Waals surface area (Å²) >= 11 is 0. The van der Waals surface area contributed by atoms with E-state index in [1.807, 2.05) is 0 Å². The van der Waals surface area contributed by atoms with Crippen LogP contribution in [0, 0.1) is 0 Å². The summed E-state index contributed by atoms with van der Waals surface area (Å²) in [6.07, 6.45) is -1.23. The third-order valence-electron chi connectivity index (χ3n) is 2.15. The van der Waals surface area contributed by atoms with E-state index >= 15 is 0 Å². The van der Waals surface area contributed by atoms with Gasteiger partial charge in [0.2, 0.25) is 0 Å². The van der Waals surface area contributed by atoms with Crippen LogP contribution in [0.15, 0.2) is 18.3 Å². The van der Waals surface area contributed by atoms with Crippen LogP contribution in [0.2, 0.25) is 0 Å². The number of aromatic nitrogens is 1. The summed E-state index contributed by atoms with van der Waals surface area (Å²) in [6.45, 7) is -0.0548. The van der Waals surface area contributed by atoms with Crippen molar-refractivity contribution < 1.29 is 42.5 Å². The van der Waals surface area contributed by atoms with Gasteiger partial charge in [0.25, 0.3) is 5.91 Å². The second kappa shape index (κ2) is 7.24. The van der Waals surface area contributed by atoms with Crippen molar-refractivity contribution >= 4 is 29.7 Å². The molecule has 1 aromatic rings. The molecule has 3 N–H and O–H groups in total. The summed E-state index contributed by atoms with van der Waals surface area (Å²) in [5.74, 6) is -3.26. The zero-order valence-corrected chi connectivity index (χ0v) is 11.1. The number of ether oxygens (including phenoxy) is 1. The van der Waals surface area contributed by atoms with E-state index < -0.39 is 18.1 Å². The number of carboxylic acids is 2. The molecule has 0 radical (unpaired) electrons. The zero-order valence-electron chi connectivity index (χ0n) is 11.1. The first-order valence-electron chi connectivity index (χ1n) is 5.73. The molecule has 23 heavy (non-hydrogen) atoms. The number of carbonyl (C=O) groups excluding carboxylic acids is 1. The third kappa shape index (κ3) is 6.03. The van der Waals surface area contributed by atoms with Crippen molar-refractivity contribution in [3.05, 3.63) is 23.9 Å². The fourth-order valence-corrected chi connectivity index (χ4v) is 1.23. The van der Waals surface area contributed by atoms with Gasteiger partial charge in [-0.2, -0.15) is 13.2 Å². The Morgan fingerprint density at radius 1 is 1.35 bits per heavy atom. The summed E-state index contributed by atoms with van der Waals surface area (Å²) in [6, 6.07) is 1.61. The van der Waals surface area contributed by atoms with Crippen molar-refractivity contribution in [2.75, 3.05) is 11.9 Å². The van der Waals surface area contributed by atoms with Crippen LogP contribution >= 0.6 is 0 Å². The molecule has 2 rings (SSSR count). The molecule has 8 nitrogen and oxygen atoms in total. The average Bonchev–Trinajstić information content (AvgIpc) is 2.44. The van der Waals surface area contributed by atoms with E-state index in [9.17, 15) is 22.8 Å². The van der Waals surface area contributed by atoms with Crippen LogP contribution in [0.4, 0.5) is 19.0 Å². The molecular formula is C12H9F3N2O6. The maximum atomic E-state index is 11.0. The molecular weight excluding hydrogens is 325 g/mol. The van der Waals surface area contributed by atoms with Gasteiger partial charge in [-0.3, -0.25) is 4.79 Å². The van der Waals surface area contributed by atoms with Gasteiger partial charge in [-0.1, -0.05) is 0 Å². The lowest BCUT2D eigenvalue weighted by Gasteiger charge is -2.16. The summed E-state index contributed by atoms with van der Waals surface area (Å²) < 4.78 is 36.9. The normalized spacial score (nSPS) is 13.3. The topological polar surface area (TPSA) is 126 Å². The van der Waals surface area contributed by atoms with Crippen molar-refractivity contribution in [2.45, 2.75) is 6.18 Å². The largest absolute Gasteiger partial charge is 0.490 e. The number of alkyl halides is 3. The SMILES string of the molecule is O=C(O)C(F)(F)F.O=C(O)C=Cc1cnc2c(c1)OCC(=O)N2. The molecule has 1 aliphatic heterocycles. The highest BCUT2D eigenvalue weighted by atomic mass is 19.4. The van der Waals surface area contributed by atoms with Gasteiger partial charge >= 0.3 is 18.1 Å². The van der Waals surface area contributed by atoms with Crippen LogP contribution < -0.4 is 10.1 Å². The Morgan fingerprint density at radius 3 is 2.48 bits per heavy atom. The first-order chi connectivity index (χ1) is 10.6. The molecule has 1 amide bonds. The minimum atomic E-state index is -5.08. The number of carboxylic acid groups (broad SMARTS) is 2. The molecule has 0 aromatic carbocycles. The lowest BCUT2D eigenvalue weighted by molar-refractivity contribution is -0.192. The van der Waals surface area contributed by atoms with Crippen molar-refractivity contribution in [3.8, 4) is 5.75 Å². The first-order valence-corrected chi connectivity index (χ1v) is 5.73. The minimum absolute atomic E-state index is 0.0548. The van der Waals surface area contributed by atoms with Crippen LogP contribution in [-0.2, 0) is 14.4 Å². The molecule has 0 unspecified atom stereocenters. The van der Waals surface area contributed by atoms with E-state index in [0.29, 0.717) is 17.1 Å². The Morgan fingerprint density at radius 2 is 1.96 bits per heavy atom. The standard InChI is InChI=1S/C10H8N2O4.C2HF3O2/c13-8-5-16-7-3-6(1-2-9(14)15)4-11-10(7)12-8;3-2(4,5)1(6)7/h1-4H,5H2,(H,14,15)(H,11,12,13);(H,6,7). The predicted molar refractivity (Wildman–Crippen MR) is 68.7 cm³/mol. The molecule has 0 saturated heterocycles. The third-order valence-corrected chi connectivity index (χ3v) is 2.15.